The van der Waals surface area contributed by atoms with Crippen LogP contribution >= 0.6 is 0 Å². The molecule has 0 saturated heterocycles. The molecule has 1 heterocycles. The molecular weight excluding hydrogens is 256 g/mol. The van der Waals surface area contributed by atoms with Gasteiger partial charge in [0.25, 0.3) is 0 Å². The van der Waals surface area contributed by atoms with Gasteiger partial charge in [0.05, 0.1) is 0 Å². The van der Waals surface area contributed by atoms with Crippen molar-refractivity contribution in [2.45, 2.75) is 46.1 Å². The van der Waals surface area contributed by atoms with Crippen molar-refractivity contribution in [2.24, 2.45) is 0 Å². The second-order valence-electron chi connectivity index (χ2n) is 5.65. The number of rotatable bonds is 5. The van der Waals surface area contributed by atoms with Gasteiger partial charge in [-0.3, -0.25) is 9.78 Å². The predicted molar refractivity (Wildman–Crippen MR) is 76.8 cm³/mol. The lowest BCUT2D eigenvalue weighted by atomic mass is 10.0. The van der Waals surface area contributed by atoms with Crippen LogP contribution in [0.5, 0.6) is 0 Å². The zero-order chi connectivity index (χ0) is 15.2. The molecule has 1 aromatic heterocycles. The van der Waals surface area contributed by atoms with Crippen molar-refractivity contribution >= 4 is 11.9 Å². The van der Waals surface area contributed by atoms with Crippen LogP contribution in [-0.4, -0.2) is 29.0 Å². The number of hydrogen-bond donors (Lipinski definition) is 1. The van der Waals surface area contributed by atoms with Crippen LogP contribution in [-0.2, 0) is 4.74 Å². The molecule has 5 nitrogen and oxygen atoms in total. The molecule has 0 atom stereocenters. The molecule has 0 aromatic carbocycles. The van der Waals surface area contributed by atoms with Gasteiger partial charge < -0.3 is 10.1 Å². The van der Waals surface area contributed by atoms with E-state index in [0.717, 1.165) is 5.56 Å². The maximum Gasteiger partial charge on any atom is 0.407 e. The van der Waals surface area contributed by atoms with Crippen LogP contribution in [0.25, 0.3) is 0 Å². The quantitative estimate of drug-likeness (QED) is 0.664. The van der Waals surface area contributed by atoms with Crippen LogP contribution in [0, 0.1) is 6.92 Å². The summed E-state index contributed by atoms with van der Waals surface area (Å²) in [6.45, 7) is 7.72. The summed E-state index contributed by atoms with van der Waals surface area (Å²) in [5.41, 5.74) is 1.06. The molecule has 0 aliphatic rings. The molecule has 1 amide bonds. The molecule has 0 saturated carbocycles. The highest BCUT2D eigenvalue weighted by atomic mass is 16.6. The van der Waals surface area contributed by atoms with E-state index in [9.17, 15) is 9.59 Å². The Bertz CT molecular complexity index is 478. The van der Waals surface area contributed by atoms with Crippen molar-refractivity contribution in [3.8, 4) is 0 Å². The third-order valence-electron chi connectivity index (χ3n) is 2.59. The van der Waals surface area contributed by atoms with E-state index in [1.54, 1.807) is 33.2 Å². The summed E-state index contributed by atoms with van der Waals surface area (Å²) in [7, 11) is 0. The van der Waals surface area contributed by atoms with Gasteiger partial charge in [0.1, 0.15) is 5.60 Å². The number of nitrogens with one attached hydrogen (secondary N) is 1. The van der Waals surface area contributed by atoms with Crippen LogP contribution in [0.15, 0.2) is 18.5 Å². The fourth-order valence-corrected chi connectivity index (χ4v) is 1.64. The van der Waals surface area contributed by atoms with E-state index >= 15 is 0 Å². The van der Waals surface area contributed by atoms with Gasteiger partial charge in [-0.15, -0.1) is 0 Å². The van der Waals surface area contributed by atoms with E-state index in [1.807, 2.05) is 13.0 Å². The van der Waals surface area contributed by atoms with Crippen molar-refractivity contribution < 1.29 is 14.3 Å². The molecule has 5 heteroatoms. The number of carbonyl (C=O) groups excluding carboxylic acids is 2. The van der Waals surface area contributed by atoms with Gasteiger partial charge in [-0.05, 0) is 45.7 Å². The Morgan fingerprint density at radius 1 is 1.35 bits per heavy atom. The molecule has 1 N–H and O–H groups in total. The molecule has 0 aliphatic carbocycles. The Hall–Kier alpha value is -1.91. The molecule has 0 unspecified atom stereocenters. The van der Waals surface area contributed by atoms with E-state index in [2.05, 4.69) is 10.3 Å². The number of nitrogens with zero attached hydrogens (tertiary/aromatic N) is 1. The molecule has 0 fully saturated rings. The van der Waals surface area contributed by atoms with Crippen LogP contribution in [0.4, 0.5) is 4.79 Å². The van der Waals surface area contributed by atoms with E-state index in [1.165, 1.54) is 0 Å². The zero-order valence-electron chi connectivity index (χ0n) is 12.5. The van der Waals surface area contributed by atoms with E-state index in [4.69, 9.17) is 4.74 Å². The number of pyridine rings is 1. The smallest absolute Gasteiger partial charge is 0.407 e. The fourth-order valence-electron chi connectivity index (χ4n) is 1.64. The molecule has 0 spiro atoms. The van der Waals surface area contributed by atoms with Crippen LogP contribution in [0.3, 0.4) is 0 Å². The van der Waals surface area contributed by atoms with Crippen molar-refractivity contribution in [1.82, 2.24) is 10.3 Å². The highest BCUT2D eigenvalue weighted by Crippen LogP contribution is 2.09. The lowest BCUT2D eigenvalue weighted by Gasteiger charge is -2.19. The molecule has 1 aromatic rings. The van der Waals surface area contributed by atoms with Crippen LogP contribution in [0.2, 0.25) is 0 Å². The Morgan fingerprint density at radius 3 is 2.65 bits per heavy atom. The minimum absolute atomic E-state index is 0.0431. The average Bonchev–Trinajstić information content (AvgIpc) is 2.33. The van der Waals surface area contributed by atoms with Crippen LogP contribution < -0.4 is 5.32 Å². The molecule has 0 aliphatic heterocycles. The summed E-state index contributed by atoms with van der Waals surface area (Å²) < 4.78 is 5.10. The normalized spacial score (nSPS) is 11.0. The maximum atomic E-state index is 12.0. The first-order valence-electron chi connectivity index (χ1n) is 6.70. The molecule has 110 valence electrons. The molecule has 1 rings (SSSR count). The zero-order valence-corrected chi connectivity index (χ0v) is 12.5. The summed E-state index contributed by atoms with van der Waals surface area (Å²) >= 11 is 0. The fraction of sp³-hybridized carbons (Fsp3) is 0.533. The minimum Gasteiger partial charge on any atom is -0.444 e. The van der Waals surface area contributed by atoms with Crippen molar-refractivity contribution in [3.05, 3.63) is 29.6 Å². The number of aromatic nitrogens is 1. The number of carbonyl (C=O) groups is 2. The summed E-state index contributed by atoms with van der Waals surface area (Å²) in [6, 6.07) is 1.81. The summed E-state index contributed by atoms with van der Waals surface area (Å²) in [6.07, 6.45) is 3.74. The highest BCUT2D eigenvalue weighted by molar-refractivity contribution is 5.97. The van der Waals surface area contributed by atoms with Gasteiger partial charge >= 0.3 is 6.09 Å². The molecule has 0 radical (unpaired) electrons. The maximum absolute atomic E-state index is 12.0. The van der Waals surface area contributed by atoms with Gasteiger partial charge in [-0.1, -0.05) is 0 Å². The number of ketones is 1. The van der Waals surface area contributed by atoms with Crippen LogP contribution in [0.1, 0.15) is 49.5 Å². The lowest BCUT2D eigenvalue weighted by Crippen LogP contribution is -2.33. The second-order valence-corrected chi connectivity index (χ2v) is 5.65. The lowest BCUT2D eigenvalue weighted by molar-refractivity contribution is 0.0525. The molecular formula is C15H22N2O3. The van der Waals surface area contributed by atoms with Crippen molar-refractivity contribution in [3.63, 3.8) is 0 Å². The van der Waals surface area contributed by atoms with Gasteiger partial charge in [0.2, 0.25) is 0 Å². The number of alkyl carbamates (subject to hydrolysis) is 1. The number of aryl methyl sites for hydroxylation is 1. The third kappa shape index (κ3) is 5.82. The first-order valence-corrected chi connectivity index (χ1v) is 6.70. The number of ether oxygens (including phenoxy) is 1. The van der Waals surface area contributed by atoms with E-state index in [-0.39, 0.29) is 5.78 Å². The Labute approximate surface area is 119 Å². The topological polar surface area (TPSA) is 68.3 Å². The molecule has 0 bridgehead atoms. The number of amides is 1. The van der Waals surface area contributed by atoms with E-state index < -0.39 is 11.7 Å². The van der Waals surface area contributed by atoms with Gasteiger partial charge in [0, 0.05) is 30.9 Å². The Kier molecular flexibility index (Phi) is 5.67. The van der Waals surface area contributed by atoms with Crippen molar-refractivity contribution in [2.75, 3.05) is 6.54 Å². The minimum atomic E-state index is -0.507. The Balaban J connectivity index is 2.30. The third-order valence-corrected chi connectivity index (χ3v) is 2.59. The Morgan fingerprint density at radius 2 is 2.05 bits per heavy atom. The monoisotopic (exact) mass is 278 g/mol. The second kappa shape index (κ2) is 7.03. The first-order chi connectivity index (χ1) is 9.29. The average molecular weight is 278 g/mol. The van der Waals surface area contributed by atoms with Crippen molar-refractivity contribution in [1.29, 1.82) is 0 Å². The van der Waals surface area contributed by atoms with Gasteiger partial charge in [-0.2, -0.15) is 0 Å². The first kappa shape index (κ1) is 16.1. The summed E-state index contributed by atoms with van der Waals surface area (Å²) in [4.78, 5) is 27.3. The number of hydrogen-bond acceptors (Lipinski definition) is 4. The SMILES string of the molecule is Cc1ccncc1C(=O)CCCNC(=O)OC(C)(C)C. The summed E-state index contributed by atoms with van der Waals surface area (Å²) in [5.74, 6) is 0.0431. The largest absolute Gasteiger partial charge is 0.444 e. The van der Waals surface area contributed by atoms with E-state index in [0.29, 0.717) is 24.9 Å². The number of Topliss-reactive ketones (excluding diaryl/α,β-unsaturated/α-hetero) is 1. The van der Waals surface area contributed by atoms with Gasteiger partial charge in [-0.25, -0.2) is 4.79 Å². The standard InChI is InChI=1S/C15H22N2O3/c1-11-7-9-16-10-12(11)13(18)6-5-8-17-14(19)20-15(2,3)4/h7,9-10H,5-6,8H2,1-4H3,(H,17,19). The highest BCUT2D eigenvalue weighted by Gasteiger charge is 2.15. The summed E-state index contributed by atoms with van der Waals surface area (Å²) in [5, 5.41) is 2.63. The van der Waals surface area contributed by atoms with Gasteiger partial charge in [0.15, 0.2) is 5.78 Å². The molecule has 20 heavy (non-hydrogen) atoms. The predicted octanol–water partition coefficient (Wildman–Crippen LogP) is 2.88.